The lowest BCUT2D eigenvalue weighted by molar-refractivity contribution is 0.0724. The molecule has 0 saturated carbocycles. The van der Waals surface area contributed by atoms with Crippen molar-refractivity contribution in [3.63, 3.8) is 0 Å². The quantitative estimate of drug-likeness (QED) is 0.777. The first-order chi connectivity index (χ1) is 7.70. The highest BCUT2D eigenvalue weighted by molar-refractivity contribution is 9.10. The summed E-state index contributed by atoms with van der Waals surface area (Å²) < 4.78 is 5.92. The summed E-state index contributed by atoms with van der Waals surface area (Å²) >= 11 is 3.26. The van der Waals surface area contributed by atoms with Crippen molar-refractivity contribution in [2.24, 2.45) is 0 Å². The first kappa shape index (κ1) is 11.5. The molecule has 0 radical (unpaired) electrons. The van der Waals surface area contributed by atoms with Gasteiger partial charge in [0.15, 0.2) is 0 Å². The van der Waals surface area contributed by atoms with E-state index >= 15 is 0 Å². The van der Waals surface area contributed by atoms with E-state index in [1.165, 1.54) is 0 Å². The molecule has 0 aromatic carbocycles. The van der Waals surface area contributed by atoms with Gasteiger partial charge >= 0.3 is 0 Å². The third kappa shape index (κ3) is 2.41. The van der Waals surface area contributed by atoms with Gasteiger partial charge in [-0.15, -0.1) is 0 Å². The topological polar surface area (TPSA) is 42.4 Å². The number of carbonyl (C=O) groups is 1. The standard InChI is InChI=1S/C11H13BrN2O2/c1-16-9-3-5-14(7-9)11(15)8-2-4-13-10(12)6-8/h2,4,6,9H,3,5,7H2,1H3. The zero-order chi connectivity index (χ0) is 11.5. The number of pyridine rings is 1. The van der Waals surface area contributed by atoms with Gasteiger partial charge in [-0.05, 0) is 34.5 Å². The molecule has 0 spiro atoms. The molecular weight excluding hydrogens is 272 g/mol. The molecule has 16 heavy (non-hydrogen) atoms. The molecule has 86 valence electrons. The van der Waals surface area contributed by atoms with Crippen LogP contribution in [0.25, 0.3) is 0 Å². The van der Waals surface area contributed by atoms with Crippen LogP contribution in [0.15, 0.2) is 22.9 Å². The molecule has 1 amide bonds. The number of amides is 1. The minimum absolute atomic E-state index is 0.0441. The lowest BCUT2D eigenvalue weighted by Gasteiger charge is -2.16. The van der Waals surface area contributed by atoms with Crippen LogP contribution in [-0.4, -0.2) is 42.1 Å². The fraction of sp³-hybridized carbons (Fsp3) is 0.455. The Bertz CT molecular complexity index is 397. The summed E-state index contributed by atoms with van der Waals surface area (Å²) in [6, 6.07) is 3.47. The Balaban J connectivity index is 2.08. The van der Waals surface area contributed by atoms with Gasteiger partial charge in [0, 0.05) is 32.0 Å². The van der Waals surface area contributed by atoms with Crippen LogP contribution < -0.4 is 0 Å². The summed E-state index contributed by atoms with van der Waals surface area (Å²) in [6.45, 7) is 1.44. The van der Waals surface area contributed by atoms with Gasteiger partial charge in [0.1, 0.15) is 4.60 Å². The predicted octanol–water partition coefficient (Wildman–Crippen LogP) is 1.71. The highest BCUT2D eigenvalue weighted by Gasteiger charge is 2.26. The van der Waals surface area contributed by atoms with E-state index in [9.17, 15) is 4.79 Å². The number of hydrogen-bond donors (Lipinski definition) is 0. The Labute approximate surface area is 103 Å². The molecule has 0 aliphatic carbocycles. The number of halogens is 1. The average Bonchev–Trinajstić information content (AvgIpc) is 2.76. The van der Waals surface area contributed by atoms with E-state index in [-0.39, 0.29) is 12.0 Å². The normalized spacial score (nSPS) is 20.1. The zero-order valence-corrected chi connectivity index (χ0v) is 10.6. The Morgan fingerprint density at radius 3 is 3.12 bits per heavy atom. The van der Waals surface area contributed by atoms with E-state index in [0.29, 0.717) is 16.7 Å². The second-order valence-corrected chi connectivity index (χ2v) is 4.58. The number of rotatable bonds is 2. The first-order valence-electron chi connectivity index (χ1n) is 5.14. The SMILES string of the molecule is COC1CCN(C(=O)c2ccnc(Br)c2)C1. The summed E-state index contributed by atoms with van der Waals surface area (Å²) in [6.07, 6.45) is 2.71. The summed E-state index contributed by atoms with van der Waals surface area (Å²) in [5.41, 5.74) is 0.665. The minimum atomic E-state index is 0.0441. The molecule has 1 fully saturated rings. The second kappa shape index (κ2) is 4.93. The molecule has 1 atom stereocenters. The van der Waals surface area contributed by atoms with E-state index < -0.39 is 0 Å². The van der Waals surface area contributed by atoms with Crippen LogP contribution in [0.1, 0.15) is 16.8 Å². The molecular formula is C11H13BrN2O2. The summed E-state index contributed by atoms with van der Waals surface area (Å²) in [4.78, 5) is 17.9. The van der Waals surface area contributed by atoms with Crippen LogP contribution in [0.4, 0.5) is 0 Å². The second-order valence-electron chi connectivity index (χ2n) is 3.76. The van der Waals surface area contributed by atoms with Crippen LogP contribution in [0.5, 0.6) is 0 Å². The van der Waals surface area contributed by atoms with Crippen molar-refractivity contribution < 1.29 is 9.53 Å². The van der Waals surface area contributed by atoms with Crippen molar-refractivity contribution in [2.75, 3.05) is 20.2 Å². The summed E-state index contributed by atoms with van der Waals surface area (Å²) in [7, 11) is 1.68. The van der Waals surface area contributed by atoms with Gasteiger partial charge in [-0.2, -0.15) is 0 Å². The fourth-order valence-electron chi connectivity index (χ4n) is 1.82. The maximum atomic E-state index is 12.1. The largest absolute Gasteiger partial charge is 0.380 e. The Hall–Kier alpha value is -0.940. The molecule has 1 aromatic rings. The summed E-state index contributed by atoms with van der Waals surface area (Å²) in [5, 5.41) is 0. The van der Waals surface area contributed by atoms with Crippen LogP contribution in [0, 0.1) is 0 Å². The number of nitrogens with zero attached hydrogens (tertiary/aromatic N) is 2. The van der Waals surface area contributed by atoms with E-state index in [2.05, 4.69) is 20.9 Å². The molecule has 4 nitrogen and oxygen atoms in total. The van der Waals surface area contributed by atoms with Gasteiger partial charge in [0.25, 0.3) is 5.91 Å². The van der Waals surface area contributed by atoms with Crippen LogP contribution in [-0.2, 0) is 4.74 Å². The van der Waals surface area contributed by atoms with Crippen molar-refractivity contribution in [3.05, 3.63) is 28.5 Å². The van der Waals surface area contributed by atoms with Crippen molar-refractivity contribution in [2.45, 2.75) is 12.5 Å². The van der Waals surface area contributed by atoms with Crippen molar-refractivity contribution in [3.8, 4) is 0 Å². The van der Waals surface area contributed by atoms with Crippen molar-refractivity contribution >= 4 is 21.8 Å². The van der Waals surface area contributed by atoms with E-state index in [1.54, 1.807) is 25.4 Å². The van der Waals surface area contributed by atoms with Crippen LogP contribution in [0.3, 0.4) is 0 Å². The molecule has 1 aromatic heterocycles. The molecule has 0 N–H and O–H groups in total. The highest BCUT2D eigenvalue weighted by Crippen LogP contribution is 2.16. The minimum Gasteiger partial charge on any atom is -0.380 e. The third-order valence-electron chi connectivity index (χ3n) is 2.74. The van der Waals surface area contributed by atoms with E-state index in [1.807, 2.05) is 4.90 Å². The number of likely N-dealkylation sites (tertiary alicyclic amines) is 1. The van der Waals surface area contributed by atoms with E-state index in [4.69, 9.17) is 4.74 Å². The molecule has 5 heteroatoms. The molecule has 2 heterocycles. The lowest BCUT2D eigenvalue weighted by atomic mass is 10.2. The van der Waals surface area contributed by atoms with Crippen LogP contribution in [0.2, 0.25) is 0 Å². The predicted molar refractivity (Wildman–Crippen MR) is 63.3 cm³/mol. The maximum Gasteiger partial charge on any atom is 0.254 e. The number of carbonyl (C=O) groups excluding carboxylic acids is 1. The van der Waals surface area contributed by atoms with Gasteiger partial charge in [0.2, 0.25) is 0 Å². The zero-order valence-electron chi connectivity index (χ0n) is 9.02. The van der Waals surface area contributed by atoms with Gasteiger partial charge in [0.05, 0.1) is 6.10 Å². The van der Waals surface area contributed by atoms with Gasteiger partial charge in [-0.1, -0.05) is 0 Å². The third-order valence-corrected chi connectivity index (χ3v) is 3.17. The Morgan fingerprint density at radius 2 is 2.50 bits per heavy atom. The number of aromatic nitrogens is 1. The number of hydrogen-bond acceptors (Lipinski definition) is 3. The lowest BCUT2D eigenvalue weighted by Crippen LogP contribution is -2.29. The van der Waals surface area contributed by atoms with Gasteiger partial charge in [-0.25, -0.2) is 4.98 Å². The van der Waals surface area contributed by atoms with Crippen molar-refractivity contribution in [1.29, 1.82) is 0 Å². The molecule has 0 bridgehead atoms. The highest BCUT2D eigenvalue weighted by atomic mass is 79.9. The molecule has 1 unspecified atom stereocenters. The first-order valence-corrected chi connectivity index (χ1v) is 5.93. The molecule has 1 saturated heterocycles. The van der Waals surface area contributed by atoms with Crippen molar-refractivity contribution in [1.82, 2.24) is 9.88 Å². The molecule has 1 aliphatic rings. The monoisotopic (exact) mass is 284 g/mol. The van der Waals surface area contributed by atoms with Gasteiger partial charge < -0.3 is 9.64 Å². The average molecular weight is 285 g/mol. The summed E-state index contributed by atoms with van der Waals surface area (Å²) in [5.74, 6) is 0.0441. The van der Waals surface area contributed by atoms with E-state index in [0.717, 1.165) is 13.0 Å². The Morgan fingerprint density at radius 1 is 1.69 bits per heavy atom. The molecule has 1 aliphatic heterocycles. The number of methoxy groups -OCH3 is 1. The molecule has 2 rings (SSSR count). The smallest absolute Gasteiger partial charge is 0.254 e. The van der Waals surface area contributed by atoms with Gasteiger partial charge in [-0.3, -0.25) is 4.79 Å². The maximum absolute atomic E-state index is 12.1. The fourth-order valence-corrected chi connectivity index (χ4v) is 2.19. The Kier molecular flexibility index (Phi) is 3.56. The number of ether oxygens (including phenoxy) is 1. The van der Waals surface area contributed by atoms with Crippen LogP contribution >= 0.6 is 15.9 Å².